The van der Waals surface area contributed by atoms with Crippen molar-refractivity contribution in [3.8, 4) is 0 Å². The van der Waals surface area contributed by atoms with Crippen molar-refractivity contribution in [1.82, 2.24) is 0 Å². The van der Waals surface area contributed by atoms with Gasteiger partial charge in [-0.25, -0.2) is 0 Å². The summed E-state index contributed by atoms with van der Waals surface area (Å²) >= 11 is 0. The molecule has 56 valence electrons. The average Bonchev–Trinajstić information content (AvgIpc) is 1.88. The van der Waals surface area contributed by atoms with Gasteiger partial charge in [0.1, 0.15) is 0 Å². The lowest BCUT2D eigenvalue weighted by Gasteiger charge is -1.92. The predicted molar refractivity (Wildman–Crippen MR) is 33.7 cm³/mol. The van der Waals surface area contributed by atoms with Gasteiger partial charge >= 0.3 is 0 Å². The van der Waals surface area contributed by atoms with Gasteiger partial charge in [0.25, 0.3) is 5.91 Å². The van der Waals surface area contributed by atoms with Crippen molar-refractivity contribution < 1.29 is 14.8 Å². The van der Waals surface area contributed by atoms with Crippen LogP contribution in [0, 0.1) is 0 Å². The van der Waals surface area contributed by atoms with E-state index in [9.17, 15) is 9.59 Å². The Morgan fingerprint density at radius 1 is 1.60 bits per heavy atom. The third kappa shape index (κ3) is 1.85. The Labute approximate surface area is 57.5 Å². The van der Waals surface area contributed by atoms with E-state index in [1.807, 2.05) is 0 Å². The van der Waals surface area contributed by atoms with E-state index in [1.165, 1.54) is 6.92 Å². The first-order chi connectivity index (χ1) is 4.63. The molecule has 0 radical (unpaired) electrons. The van der Waals surface area contributed by atoms with Crippen molar-refractivity contribution in [2.24, 2.45) is 10.9 Å². The minimum atomic E-state index is -1.01. The minimum absolute atomic E-state index is 0.0995. The Bertz CT molecular complexity index is 185. The monoisotopic (exact) mass is 144 g/mol. The maximum absolute atomic E-state index is 10.6. The molecule has 3 N–H and O–H groups in total. The lowest BCUT2D eigenvalue weighted by atomic mass is 10.2. The number of amides is 1. The molecule has 10 heavy (non-hydrogen) atoms. The van der Waals surface area contributed by atoms with Crippen LogP contribution in [0.2, 0.25) is 0 Å². The smallest absolute Gasteiger partial charge is 0.274 e. The maximum Gasteiger partial charge on any atom is 0.274 e. The zero-order valence-corrected chi connectivity index (χ0v) is 5.50. The fraction of sp³-hybridized carbons (Fsp3) is 0.400. The Balaban J connectivity index is 4.39. The molecule has 5 heteroatoms. The van der Waals surface area contributed by atoms with E-state index in [1.54, 1.807) is 0 Å². The molecular formula is C5H8N2O3. The van der Waals surface area contributed by atoms with Gasteiger partial charge in [0, 0.05) is 6.42 Å². The summed E-state index contributed by atoms with van der Waals surface area (Å²) in [5.74, 6) is -1.57. The van der Waals surface area contributed by atoms with E-state index in [2.05, 4.69) is 10.9 Å². The molecule has 0 heterocycles. The zero-order valence-electron chi connectivity index (χ0n) is 5.50. The van der Waals surface area contributed by atoms with E-state index < -0.39 is 17.4 Å². The molecule has 0 spiro atoms. The number of carbonyl (C=O) groups excluding carboxylic acids is 2. The summed E-state index contributed by atoms with van der Waals surface area (Å²) in [5.41, 5.74) is 4.08. The molecule has 0 unspecified atom stereocenters. The lowest BCUT2D eigenvalue weighted by molar-refractivity contribution is -0.116. The molecule has 5 nitrogen and oxygen atoms in total. The molecule has 0 aromatic rings. The van der Waals surface area contributed by atoms with Crippen LogP contribution in [0.4, 0.5) is 0 Å². The first kappa shape index (κ1) is 8.61. The summed E-state index contributed by atoms with van der Waals surface area (Å²) in [4.78, 5) is 20.8. The second-order valence-corrected chi connectivity index (χ2v) is 1.59. The number of hydrogen-bond donors (Lipinski definition) is 2. The number of rotatable bonds is 3. The Kier molecular flexibility index (Phi) is 3.10. The lowest BCUT2D eigenvalue weighted by Crippen LogP contribution is -2.30. The summed E-state index contributed by atoms with van der Waals surface area (Å²) in [7, 11) is 0. The number of Topliss-reactive ketones (excluding diaryl/α,β-unsaturated/α-hetero) is 1. The van der Waals surface area contributed by atoms with Gasteiger partial charge in [-0.1, -0.05) is 12.1 Å². The first-order valence-electron chi connectivity index (χ1n) is 2.68. The Morgan fingerprint density at radius 2 is 2.10 bits per heavy atom. The van der Waals surface area contributed by atoms with Gasteiger partial charge < -0.3 is 10.9 Å². The van der Waals surface area contributed by atoms with Crippen LogP contribution >= 0.6 is 0 Å². The summed E-state index contributed by atoms with van der Waals surface area (Å²) in [5, 5.41) is 10.5. The summed E-state index contributed by atoms with van der Waals surface area (Å²) < 4.78 is 0. The van der Waals surface area contributed by atoms with E-state index in [0.717, 1.165) is 0 Å². The fourth-order valence-corrected chi connectivity index (χ4v) is 0.410. The van der Waals surface area contributed by atoms with E-state index >= 15 is 0 Å². The first-order valence-corrected chi connectivity index (χ1v) is 2.68. The zero-order chi connectivity index (χ0) is 8.15. The number of nitrogens with two attached hydrogens (primary N) is 1. The van der Waals surface area contributed by atoms with Crippen LogP contribution in [0.1, 0.15) is 13.3 Å². The van der Waals surface area contributed by atoms with Crippen molar-refractivity contribution in [3.05, 3.63) is 0 Å². The number of hydrogen-bond acceptors (Lipinski definition) is 4. The molecule has 0 bridgehead atoms. The molecule has 0 rings (SSSR count). The van der Waals surface area contributed by atoms with Crippen LogP contribution in [-0.4, -0.2) is 22.6 Å². The summed E-state index contributed by atoms with van der Waals surface area (Å²) in [6.07, 6.45) is 0.0995. The van der Waals surface area contributed by atoms with Crippen LogP contribution in [0.25, 0.3) is 0 Å². The van der Waals surface area contributed by atoms with Gasteiger partial charge in [0.15, 0.2) is 5.78 Å². The highest BCUT2D eigenvalue weighted by atomic mass is 16.4. The Morgan fingerprint density at radius 3 is 2.20 bits per heavy atom. The summed E-state index contributed by atoms with van der Waals surface area (Å²) in [6, 6.07) is 0. The molecule has 0 atom stereocenters. The van der Waals surface area contributed by atoms with Crippen LogP contribution in [0.5, 0.6) is 0 Å². The third-order valence-electron chi connectivity index (χ3n) is 0.919. The fourth-order valence-electron chi connectivity index (χ4n) is 0.410. The van der Waals surface area contributed by atoms with Crippen molar-refractivity contribution in [1.29, 1.82) is 0 Å². The quantitative estimate of drug-likeness (QED) is 0.237. The molecule has 0 aromatic heterocycles. The van der Waals surface area contributed by atoms with Gasteiger partial charge in [-0.2, -0.15) is 0 Å². The predicted octanol–water partition coefficient (Wildman–Crippen LogP) is -0.719. The molecule has 0 aliphatic rings. The second-order valence-electron chi connectivity index (χ2n) is 1.59. The van der Waals surface area contributed by atoms with Crippen molar-refractivity contribution in [2.75, 3.05) is 0 Å². The summed E-state index contributed by atoms with van der Waals surface area (Å²) in [6.45, 7) is 1.54. The van der Waals surface area contributed by atoms with E-state index in [-0.39, 0.29) is 6.42 Å². The topological polar surface area (TPSA) is 92.8 Å². The highest BCUT2D eigenvalue weighted by molar-refractivity contribution is 6.65. The molecule has 0 saturated carbocycles. The molecule has 0 aliphatic carbocycles. The van der Waals surface area contributed by atoms with Gasteiger partial charge in [-0.15, -0.1) is 0 Å². The second kappa shape index (κ2) is 3.60. The van der Waals surface area contributed by atoms with Crippen LogP contribution in [0.3, 0.4) is 0 Å². The van der Waals surface area contributed by atoms with E-state index in [4.69, 9.17) is 5.21 Å². The molecule has 0 aliphatic heterocycles. The van der Waals surface area contributed by atoms with Crippen molar-refractivity contribution in [3.63, 3.8) is 0 Å². The molecule has 1 amide bonds. The molecular weight excluding hydrogens is 136 g/mol. The van der Waals surface area contributed by atoms with Gasteiger partial charge in [0.2, 0.25) is 5.71 Å². The minimum Gasteiger partial charge on any atom is -0.410 e. The van der Waals surface area contributed by atoms with Gasteiger partial charge in [0.05, 0.1) is 0 Å². The maximum atomic E-state index is 10.6. The standard InChI is InChI=1S/C5H8N2O3/c1-2-3(8)4(7-10)5(6)9/h10H,2H2,1H3,(H2,6,9). The van der Waals surface area contributed by atoms with Gasteiger partial charge in [-0.3, -0.25) is 9.59 Å². The van der Waals surface area contributed by atoms with Crippen LogP contribution in [0.15, 0.2) is 5.16 Å². The number of ketones is 1. The largest absolute Gasteiger partial charge is 0.410 e. The van der Waals surface area contributed by atoms with Crippen molar-refractivity contribution in [2.45, 2.75) is 13.3 Å². The van der Waals surface area contributed by atoms with E-state index in [0.29, 0.717) is 0 Å². The van der Waals surface area contributed by atoms with Crippen LogP contribution < -0.4 is 5.73 Å². The highest BCUT2D eigenvalue weighted by Gasteiger charge is 2.15. The number of oxime groups is 1. The SMILES string of the molecule is CCC(=O)C(=NO)C(N)=O. The Hall–Kier alpha value is -1.39. The number of carbonyl (C=O) groups is 2. The average molecular weight is 144 g/mol. The number of nitrogens with zero attached hydrogens (tertiary/aromatic N) is 1. The molecule has 0 fully saturated rings. The van der Waals surface area contributed by atoms with Crippen LogP contribution in [-0.2, 0) is 9.59 Å². The third-order valence-corrected chi connectivity index (χ3v) is 0.919. The molecule has 0 aromatic carbocycles. The highest BCUT2D eigenvalue weighted by Crippen LogP contribution is 1.84. The normalized spacial score (nSPS) is 11.1. The van der Waals surface area contributed by atoms with Crippen molar-refractivity contribution >= 4 is 17.4 Å². The number of primary amides is 1. The molecule has 0 saturated heterocycles. The van der Waals surface area contributed by atoms with Gasteiger partial charge in [-0.05, 0) is 0 Å².